The Hall–Kier alpha value is -3.64. The average molecular weight is 459 g/mol. The van der Waals surface area contributed by atoms with Crippen LogP contribution in [0.1, 0.15) is 16.8 Å². The fourth-order valence-corrected chi connectivity index (χ4v) is 5.71. The molecule has 4 atom stereocenters. The summed E-state index contributed by atoms with van der Waals surface area (Å²) in [7, 11) is 0. The number of phenolic OH excluding ortho intramolecular Hbond substituents is 1. The number of hydrogen-bond donors (Lipinski definition) is 2. The Morgan fingerprint density at radius 1 is 0.939 bits per heavy atom. The number of halogens is 1. The van der Waals surface area contributed by atoms with Crippen LogP contribution in [0.3, 0.4) is 0 Å². The lowest BCUT2D eigenvalue weighted by atomic mass is 9.85. The zero-order chi connectivity index (χ0) is 22.9. The molecule has 6 nitrogen and oxygen atoms in total. The van der Waals surface area contributed by atoms with Crippen molar-refractivity contribution < 1.29 is 19.5 Å². The zero-order valence-corrected chi connectivity index (χ0v) is 18.1. The third-order valence-corrected chi connectivity index (χ3v) is 7.34. The minimum atomic E-state index is -0.510. The van der Waals surface area contributed by atoms with Gasteiger partial charge < -0.3 is 10.4 Å². The van der Waals surface area contributed by atoms with E-state index in [9.17, 15) is 19.5 Å². The molecule has 6 rings (SSSR count). The number of aromatic hydroxyl groups is 1. The van der Waals surface area contributed by atoms with Gasteiger partial charge in [-0.2, -0.15) is 0 Å². The van der Waals surface area contributed by atoms with Gasteiger partial charge in [0.1, 0.15) is 5.75 Å². The second-order valence-electron chi connectivity index (χ2n) is 8.85. The predicted molar refractivity (Wildman–Crippen MR) is 125 cm³/mol. The number of imide groups is 1. The van der Waals surface area contributed by atoms with E-state index in [0.717, 1.165) is 17.2 Å². The molecule has 2 aliphatic carbocycles. The molecule has 3 amide bonds. The van der Waals surface area contributed by atoms with Gasteiger partial charge in [0.2, 0.25) is 11.8 Å². The quantitative estimate of drug-likeness (QED) is 0.437. The van der Waals surface area contributed by atoms with Crippen molar-refractivity contribution in [3.05, 3.63) is 77.3 Å². The van der Waals surface area contributed by atoms with Gasteiger partial charge in [0, 0.05) is 5.69 Å². The molecule has 2 bridgehead atoms. The molecule has 4 unspecified atom stereocenters. The molecule has 3 aromatic carbocycles. The van der Waals surface area contributed by atoms with Crippen molar-refractivity contribution in [1.82, 2.24) is 0 Å². The Kier molecular flexibility index (Phi) is 4.35. The molecule has 0 spiro atoms. The minimum absolute atomic E-state index is 0.0963. The first-order valence-corrected chi connectivity index (χ1v) is 11.2. The maximum atomic E-state index is 13.2. The first-order valence-electron chi connectivity index (χ1n) is 10.8. The third-order valence-electron chi connectivity index (χ3n) is 7.02. The summed E-state index contributed by atoms with van der Waals surface area (Å²) < 4.78 is 0. The first-order chi connectivity index (χ1) is 15.9. The maximum Gasteiger partial charge on any atom is 0.259 e. The first kappa shape index (κ1) is 20.0. The van der Waals surface area contributed by atoms with Crippen molar-refractivity contribution in [1.29, 1.82) is 0 Å². The highest BCUT2D eigenvalue weighted by Gasteiger charge is 2.59. The number of anilines is 2. The number of fused-ring (bicyclic) bond motifs is 6. The summed E-state index contributed by atoms with van der Waals surface area (Å²) in [5.74, 6) is -1.60. The second kappa shape index (κ2) is 7.18. The van der Waals surface area contributed by atoms with E-state index in [1.807, 2.05) is 36.4 Å². The van der Waals surface area contributed by atoms with Crippen LogP contribution >= 0.6 is 11.6 Å². The van der Waals surface area contributed by atoms with Gasteiger partial charge in [0.05, 0.1) is 28.1 Å². The lowest BCUT2D eigenvalue weighted by Gasteiger charge is -2.19. The summed E-state index contributed by atoms with van der Waals surface area (Å²) in [4.78, 5) is 40.4. The molecule has 1 saturated heterocycles. The van der Waals surface area contributed by atoms with E-state index in [1.165, 1.54) is 11.0 Å². The topological polar surface area (TPSA) is 86.7 Å². The van der Waals surface area contributed by atoms with Gasteiger partial charge in [-0.1, -0.05) is 48.0 Å². The highest BCUT2D eigenvalue weighted by atomic mass is 35.5. The highest BCUT2D eigenvalue weighted by molar-refractivity contribution is 6.36. The molecule has 3 aliphatic rings. The Morgan fingerprint density at radius 3 is 2.24 bits per heavy atom. The number of benzene rings is 3. The molecule has 164 valence electrons. The van der Waals surface area contributed by atoms with Crippen LogP contribution in [-0.4, -0.2) is 22.8 Å². The molecule has 0 radical (unpaired) electrons. The third kappa shape index (κ3) is 2.98. The average Bonchev–Trinajstić information content (AvgIpc) is 3.48. The van der Waals surface area contributed by atoms with Gasteiger partial charge >= 0.3 is 0 Å². The number of rotatable bonds is 3. The fourth-order valence-electron chi connectivity index (χ4n) is 5.51. The van der Waals surface area contributed by atoms with Gasteiger partial charge in [-0.3, -0.25) is 14.4 Å². The smallest absolute Gasteiger partial charge is 0.259 e. The number of nitrogens with zero attached hydrogens (tertiary/aromatic N) is 1. The van der Waals surface area contributed by atoms with Crippen LogP contribution in [0.2, 0.25) is 5.02 Å². The van der Waals surface area contributed by atoms with Crippen LogP contribution < -0.4 is 10.2 Å². The van der Waals surface area contributed by atoms with Crippen LogP contribution in [0, 0.1) is 23.7 Å². The van der Waals surface area contributed by atoms with Crippen molar-refractivity contribution in [3.63, 3.8) is 0 Å². The van der Waals surface area contributed by atoms with Crippen molar-refractivity contribution >= 4 is 51.5 Å². The Morgan fingerprint density at radius 2 is 1.58 bits per heavy atom. The summed E-state index contributed by atoms with van der Waals surface area (Å²) in [6, 6.07) is 15.3. The molecule has 2 N–H and O–H groups in total. The van der Waals surface area contributed by atoms with E-state index < -0.39 is 5.91 Å². The molecule has 2 fully saturated rings. The van der Waals surface area contributed by atoms with Crippen LogP contribution in [0.4, 0.5) is 11.4 Å². The number of allylic oxidation sites excluding steroid dienone is 2. The minimum Gasteiger partial charge on any atom is -0.507 e. The van der Waals surface area contributed by atoms with Gasteiger partial charge in [-0.05, 0) is 59.4 Å². The molecule has 1 aliphatic heterocycles. The van der Waals surface area contributed by atoms with Crippen LogP contribution in [0.5, 0.6) is 5.75 Å². The molecule has 7 heteroatoms. The van der Waals surface area contributed by atoms with Crippen LogP contribution in [-0.2, 0) is 9.59 Å². The Bertz CT molecular complexity index is 1370. The Labute approximate surface area is 194 Å². The van der Waals surface area contributed by atoms with Crippen LogP contribution in [0.25, 0.3) is 10.8 Å². The number of phenols is 1. The fraction of sp³-hybridized carbons (Fsp3) is 0.192. The van der Waals surface area contributed by atoms with Gasteiger partial charge in [0.25, 0.3) is 5.91 Å². The van der Waals surface area contributed by atoms with E-state index in [1.54, 1.807) is 24.3 Å². The van der Waals surface area contributed by atoms with Crippen molar-refractivity contribution in [2.75, 3.05) is 10.2 Å². The summed E-state index contributed by atoms with van der Waals surface area (Å²) in [6.07, 6.45) is 4.92. The van der Waals surface area contributed by atoms with Gasteiger partial charge in [-0.25, -0.2) is 4.90 Å². The van der Waals surface area contributed by atoms with E-state index in [0.29, 0.717) is 5.69 Å². The monoisotopic (exact) mass is 458 g/mol. The number of carbonyl (C=O) groups excluding carboxylic acids is 3. The zero-order valence-electron chi connectivity index (χ0n) is 17.4. The molecular formula is C26H19ClN2O4. The second-order valence-corrected chi connectivity index (χ2v) is 9.26. The number of nitrogens with one attached hydrogen (secondary N) is 1. The largest absolute Gasteiger partial charge is 0.507 e. The van der Waals surface area contributed by atoms with E-state index in [-0.39, 0.29) is 57.5 Å². The van der Waals surface area contributed by atoms with E-state index >= 15 is 0 Å². The highest BCUT2D eigenvalue weighted by Crippen LogP contribution is 2.53. The lowest BCUT2D eigenvalue weighted by molar-refractivity contribution is -0.123. The molecule has 3 aromatic rings. The summed E-state index contributed by atoms with van der Waals surface area (Å²) in [5.41, 5.74) is 0.752. The number of carbonyl (C=O) groups is 3. The van der Waals surface area contributed by atoms with E-state index in [2.05, 4.69) is 5.32 Å². The molecule has 1 saturated carbocycles. The molecular weight excluding hydrogens is 440 g/mol. The van der Waals surface area contributed by atoms with Crippen molar-refractivity contribution in [2.24, 2.45) is 23.7 Å². The summed E-state index contributed by atoms with van der Waals surface area (Å²) in [5, 5.41) is 15.0. The summed E-state index contributed by atoms with van der Waals surface area (Å²) in [6.45, 7) is 0. The molecule has 0 aromatic heterocycles. The standard InChI is InChI=1S/C26H19ClN2O4/c27-19-8-7-17(28-24(31)18-10-13-3-1-2-4-14(13)11-21(18)30)12-20(19)29-25(32)22-15-5-6-16(9-15)23(22)26(29)33/h1-8,10-12,15-16,22-23,30H,9H2,(H,28,31). The SMILES string of the molecule is O=C(Nc1ccc(Cl)c(N2C(=O)C3C4C=CC(C4)C3C2=O)c1)c1cc2ccccc2cc1O. The lowest BCUT2D eigenvalue weighted by Crippen LogP contribution is -2.33. The number of amides is 3. The van der Waals surface area contributed by atoms with Crippen LogP contribution in [0.15, 0.2) is 66.7 Å². The van der Waals surface area contributed by atoms with Gasteiger partial charge in [0.15, 0.2) is 0 Å². The predicted octanol–water partition coefficient (Wildman–Crippen LogP) is 4.76. The van der Waals surface area contributed by atoms with E-state index in [4.69, 9.17) is 11.6 Å². The molecule has 33 heavy (non-hydrogen) atoms. The molecule has 1 heterocycles. The summed E-state index contributed by atoms with van der Waals surface area (Å²) >= 11 is 6.38. The van der Waals surface area contributed by atoms with Crippen molar-refractivity contribution in [2.45, 2.75) is 6.42 Å². The maximum absolute atomic E-state index is 13.2. The van der Waals surface area contributed by atoms with Crippen molar-refractivity contribution in [3.8, 4) is 5.75 Å². The number of hydrogen-bond acceptors (Lipinski definition) is 4. The Balaban J connectivity index is 1.31. The normalized spacial score (nSPS) is 25.2. The van der Waals surface area contributed by atoms with Gasteiger partial charge in [-0.15, -0.1) is 0 Å².